The number of amides is 3. The number of pyridine rings is 2. The van der Waals surface area contributed by atoms with Crippen molar-refractivity contribution in [2.24, 2.45) is 11.8 Å². The van der Waals surface area contributed by atoms with Gasteiger partial charge in [-0.05, 0) is 57.6 Å². The van der Waals surface area contributed by atoms with Gasteiger partial charge in [0.25, 0.3) is 0 Å². The zero-order valence-corrected chi connectivity index (χ0v) is 26.8. The Bertz CT molecular complexity index is 1530. The third-order valence-electron chi connectivity index (χ3n) is 9.33. The van der Waals surface area contributed by atoms with Crippen molar-refractivity contribution >= 4 is 40.7 Å². The van der Waals surface area contributed by atoms with Crippen LogP contribution in [0.4, 0.5) is 15.5 Å². The number of nitrogens with one attached hydrogen (secondary N) is 2. The predicted octanol–water partition coefficient (Wildman–Crippen LogP) is 5.19. The largest absolute Gasteiger partial charge is 0.427 e. The van der Waals surface area contributed by atoms with Gasteiger partial charge in [0.15, 0.2) is 6.17 Å². The fourth-order valence-electron chi connectivity index (χ4n) is 6.87. The van der Waals surface area contributed by atoms with E-state index in [1.807, 2.05) is 31.0 Å². The summed E-state index contributed by atoms with van der Waals surface area (Å²) in [6, 6.07) is 3.88. The second kappa shape index (κ2) is 12.4. The van der Waals surface area contributed by atoms with Gasteiger partial charge >= 0.3 is 12.1 Å². The summed E-state index contributed by atoms with van der Waals surface area (Å²) in [5.41, 5.74) is 6.41. The number of nitrogens with zero attached hydrogens (tertiary/aromatic N) is 7. The molecule has 3 amide bonds. The summed E-state index contributed by atoms with van der Waals surface area (Å²) in [7, 11) is 1.85. The summed E-state index contributed by atoms with van der Waals surface area (Å²) in [6.07, 6.45) is 6.91. The monoisotopic (exact) mass is 623 g/mol. The highest BCUT2D eigenvalue weighted by Gasteiger charge is 2.37. The smallest absolute Gasteiger partial charge is 0.351 e. The molecule has 0 bridgehead atoms. The SMILES string of the molecule is CCN(C)C(=O)N1C[C@@H](C)N(c2nc3cc(C4NOC(=O)N4)nc(-c4cncc(Cl)c4)c3n2CC2CCC(C)CC2)[C@H](C)C1. The Kier molecular flexibility index (Phi) is 8.56. The van der Waals surface area contributed by atoms with Crippen LogP contribution >= 0.6 is 11.6 Å². The molecule has 3 atom stereocenters. The molecule has 3 fully saturated rings. The minimum atomic E-state index is -0.630. The van der Waals surface area contributed by atoms with Crippen LogP contribution in [-0.2, 0) is 11.4 Å². The number of hydrogen-bond donors (Lipinski definition) is 2. The van der Waals surface area contributed by atoms with E-state index in [1.165, 1.54) is 12.8 Å². The summed E-state index contributed by atoms with van der Waals surface area (Å²) >= 11 is 6.43. The fraction of sp³-hybridized carbons (Fsp3) is 0.581. The van der Waals surface area contributed by atoms with Gasteiger partial charge in [-0.15, -0.1) is 5.48 Å². The van der Waals surface area contributed by atoms with Crippen LogP contribution in [0.2, 0.25) is 5.02 Å². The van der Waals surface area contributed by atoms with Crippen molar-refractivity contribution in [3.63, 3.8) is 0 Å². The number of imidazole rings is 1. The number of urea groups is 1. The molecule has 0 spiro atoms. The molecule has 13 heteroatoms. The topological polar surface area (TPSA) is 121 Å². The normalized spacial score (nSPS) is 25.7. The van der Waals surface area contributed by atoms with E-state index in [9.17, 15) is 9.59 Å². The highest BCUT2D eigenvalue weighted by Crippen LogP contribution is 2.38. The predicted molar refractivity (Wildman–Crippen MR) is 169 cm³/mol. The van der Waals surface area contributed by atoms with Gasteiger partial charge in [-0.3, -0.25) is 10.3 Å². The molecule has 2 N–H and O–H groups in total. The average Bonchev–Trinajstić information content (AvgIpc) is 3.60. The van der Waals surface area contributed by atoms with Crippen LogP contribution in [0.5, 0.6) is 0 Å². The Morgan fingerprint density at radius 3 is 2.45 bits per heavy atom. The number of anilines is 1. The molecule has 3 aromatic heterocycles. The second-order valence-electron chi connectivity index (χ2n) is 12.7. The van der Waals surface area contributed by atoms with E-state index in [-0.39, 0.29) is 18.1 Å². The van der Waals surface area contributed by atoms with Crippen molar-refractivity contribution < 1.29 is 14.4 Å². The van der Waals surface area contributed by atoms with Gasteiger partial charge in [0.2, 0.25) is 5.95 Å². The van der Waals surface area contributed by atoms with Gasteiger partial charge < -0.3 is 24.1 Å². The minimum Gasteiger partial charge on any atom is -0.351 e. The standard InChI is InChI=1S/C31H42ClN9O3/c1-6-38(5)31(43)39-15-19(3)41(20(4)16-39)29-35-24-12-25(28-36-30(42)44-37-28)34-26(22-11-23(32)14-33-13-22)27(24)40(29)17-21-9-7-18(2)8-10-21/h11-14,18-21,28,37H,6-10,15-17H2,1-5H3,(H,36,42)/t18?,19-,20-,21?,28?/m1/s1. The maximum Gasteiger partial charge on any atom is 0.427 e. The third kappa shape index (κ3) is 5.89. The van der Waals surface area contributed by atoms with Crippen molar-refractivity contribution in [3.05, 3.63) is 35.2 Å². The van der Waals surface area contributed by atoms with Crippen LogP contribution in [-0.4, -0.2) is 80.2 Å². The fourth-order valence-corrected chi connectivity index (χ4v) is 7.04. The number of carbonyl (C=O) groups is 2. The van der Waals surface area contributed by atoms with E-state index in [0.29, 0.717) is 42.0 Å². The lowest BCUT2D eigenvalue weighted by Gasteiger charge is -2.46. The number of fused-ring (bicyclic) bond motifs is 1. The van der Waals surface area contributed by atoms with Gasteiger partial charge in [0, 0.05) is 63.3 Å². The molecule has 6 rings (SSSR count). The van der Waals surface area contributed by atoms with Crippen molar-refractivity contribution in [2.45, 2.75) is 78.2 Å². The summed E-state index contributed by atoms with van der Waals surface area (Å²) in [5.74, 6) is 2.11. The molecule has 3 aromatic rings. The molecule has 0 aromatic carbocycles. The van der Waals surface area contributed by atoms with E-state index < -0.39 is 12.3 Å². The zero-order chi connectivity index (χ0) is 31.1. The number of hydroxylamine groups is 1. The van der Waals surface area contributed by atoms with Crippen LogP contribution < -0.4 is 15.7 Å². The molecule has 1 aliphatic carbocycles. The third-order valence-corrected chi connectivity index (χ3v) is 9.53. The Labute approximate surface area is 263 Å². The number of aromatic nitrogens is 4. The van der Waals surface area contributed by atoms with Gasteiger partial charge in [0.1, 0.15) is 0 Å². The summed E-state index contributed by atoms with van der Waals surface area (Å²) in [5, 5.41) is 3.27. The Hall–Kier alpha value is -3.64. The van der Waals surface area contributed by atoms with Crippen molar-refractivity contribution in [1.29, 1.82) is 0 Å². The first-order valence-corrected chi connectivity index (χ1v) is 16.0. The first-order chi connectivity index (χ1) is 21.1. The van der Waals surface area contributed by atoms with Gasteiger partial charge in [-0.1, -0.05) is 31.4 Å². The van der Waals surface area contributed by atoms with Crippen molar-refractivity contribution in [2.75, 3.05) is 31.6 Å². The van der Waals surface area contributed by atoms with E-state index in [4.69, 9.17) is 26.4 Å². The minimum absolute atomic E-state index is 0.0304. The van der Waals surface area contributed by atoms with Crippen LogP contribution in [0, 0.1) is 11.8 Å². The van der Waals surface area contributed by atoms with Crippen molar-refractivity contribution in [3.8, 4) is 11.3 Å². The van der Waals surface area contributed by atoms with Crippen LogP contribution in [0.25, 0.3) is 22.3 Å². The molecule has 0 radical (unpaired) electrons. The zero-order valence-electron chi connectivity index (χ0n) is 26.1. The van der Waals surface area contributed by atoms with Gasteiger partial charge in [0.05, 0.1) is 27.4 Å². The maximum absolute atomic E-state index is 13.1. The molecule has 236 valence electrons. The lowest BCUT2D eigenvalue weighted by atomic mass is 9.83. The van der Waals surface area contributed by atoms with Crippen LogP contribution in [0.3, 0.4) is 0 Å². The number of piperazine rings is 1. The highest BCUT2D eigenvalue weighted by molar-refractivity contribution is 6.30. The quantitative estimate of drug-likeness (QED) is 0.385. The van der Waals surface area contributed by atoms with Crippen LogP contribution in [0.1, 0.15) is 65.2 Å². The summed E-state index contributed by atoms with van der Waals surface area (Å²) in [4.78, 5) is 50.8. The Morgan fingerprint density at radius 2 is 1.82 bits per heavy atom. The highest BCUT2D eigenvalue weighted by atomic mass is 35.5. The maximum atomic E-state index is 13.1. The lowest BCUT2D eigenvalue weighted by Crippen LogP contribution is -2.60. The number of halogens is 1. The van der Waals surface area contributed by atoms with Gasteiger partial charge in [-0.25, -0.2) is 19.6 Å². The summed E-state index contributed by atoms with van der Waals surface area (Å²) < 4.78 is 2.34. The number of hydrogen-bond acceptors (Lipinski definition) is 8. The van der Waals surface area contributed by atoms with E-state index in [1.54, 1.807) is 17.3 Å². The first-order valence-electron chi connectivity index (χ1n) is 15.7. The molecule has 3 aliphatic rings. The number of carbonyl (C=O) groups excluding carboxylic acids is 2. The average molecular weight is 624 g/mol. The van der Waals surface area contributed by atoms with Crippen molar-refractivity contribution in [1.82, 2.24) is 40.1 Å². The molecule has 44 heavy (non-hydrogen) atoms. The van der Waals surface area contributed by atoms with Crippen LogP contribution in [0.15, 0.2) is 24.5 Å². The Morgan fingerprint density at radius 1 is 1.09 bits per heavy atom. The Balaban J connectivity index is 1.49. The molecular weight excluding hydrogens is 582 g/mol. The second-order valence-corrected chi connectivity index (χ2v) is 13.1. The number of rotatable bonds is 6. The van der Waals surface area contributed by atoms with E-state index >= 15 is 0 Å². The molecule has 12 nitrogen and oxygen atoms in total. The summed E-state index contributed by atoms with van der Waals surface area (Å²) in [6.45, 7) is 11.3. The van der Waals surface area contributed by atoms with Gasteiger partial charge in [-0.2, -0.15) is 0 Å². The first kappa shape index (κ1) is 30.4. The van der Waals surface area contributed by atoms with E-state index in [0.717, 1.165) is 47.8 Å². The molecule has 1 saturated carbocycles. The molecule has 2 saturated heterocycles. The molecule has 1 unspecified atom stereocenters. The van der Waals surface area contributed by atoms with E-state index in [2.05, 4.69) is 46.0 Å². The molecular formula is C31H42ClN9O3. The lowest BCUT2D eigenvalue weighted by molar-refractivity contribution is 0.121. The molecule has 2 aliphatic heterocycles. The molecule has 5 heterocycles.